The number of hydrogen-bond donors (Lipinski definition) is 2. The molecule has 0 radical (unpaired) electrons. The fraction of sp³-hybridized carbons (Fsp3) is 0.353. The minimum absolute atomic E-state index is 0.0702. The summed E-state index contributed by atoms with van der Waals surface area (Å²) in [5.74, 6) is -0.584. The van der Waals surface area contributed by atoms with Gasteiger partial charge in [-0.1, -0.05) is 12.1 Å². The Labute approximate surface area is 139 Å². The number of methoxy groups -OCH3 is 1. The Kier molecular flexibility index (Phi) is 4.24. The van der Waals surface area contributed by atoms with Gasteiger partial charge in [0.25, 0.3) is 5.91 Å². The third kappa shape index (κ3) is 3.10. The molecule has 0 spiro atoms. The lowest BCUT2D eigenvalue weighted by atomic mass is 10.1. The molecule has 126 valence electrons. The lowest BCUT2D eigenvalue weighted by Crippen LogP contribution is -2.25. The SMILES string of the molecule is COc1c(CNC(=O)c2cc(C3CC3)nn2C)cccc1C(=O)O. The highest BCUT2D eigenvalue weighted by molar-refractivity contribution is 5.93. The van der Waals surface area contributed by atoms with Gasteiger partial charge >= 0.3 is 5.97 Å². The van der Waals surface area contributed by atoms with Gasteiger partial charge in [-0.2, -0.15) is 5.10 Å². The normalized spacial score (nSPS) is 13.6. The van der Waals surface area contributed by atoms with Crippen molar-refractivity contribution in [3.8, 4) is 5.75 Å². The number of carboxylic acids is 1. The average Bonchev–Trinajstić information content (AvgIpc) is 3.34. The molecule has 0 atom stereocenters. The van der Waals surface area contributed by atoms with Crippen LogP contribution in [0.15, 0.2) is 24.3 Å². The number of amides is 1. The molecule has 2 N–H and O–H groups in total. The van der Waals surface area contributed by atoms with Crippen LogP contribution in [0, 0.1) is 0 Å². The number of benzene rings is 1. The van der Waals surface area contributed by atoms with E-state index in [2.05, 4.69) is 10.4 Å². The molecule has 7 nitrogen and oxygen atoms in total. The molecule has 24 heavy (non-hydrogen) atoms. The number of para-hydroxylation sites is 1. The molecular formula is C17H19N3O4. The molecule has 7 heteroatoms. The van der Waals surface area contributed by atoms with Crippen molar-refractivity contribution in [1.29, 1.82) is 0 Å². The number of carbonyl (C=O) groups excluding carboxylic acids is 1. The van der Waals surface area contributed by atoms with Gasteiger partial charge in [-0.15, -0.1) is 0 Å². The minimum Gasteiger partial charge on any atom is -0.495 e. The lowest BCUT2D eigenvalue weighted by molar-refractivity contribution is 0.0693. The maximum absolute atomic E-state index is 12.4. The second-order valence-electron chi connectivity index (χ2n) is 5.84. The van der Waals surface area contributed by atoms with E-state index in [9.17, 15) is 14.7 Å². The van der Waals surface area contributed by atoms with Crippen LogP contribution >= 0.6 is 0 Å². The van der Waals surface area contributed by atoms with Crippen molar-refractivity contribution in [3.05, 3.63) is 46.8 Å². The topological polar surface area (TPSA) is 93.5 Å². The van der Waals surface area contributed by atoms with E-state index >= 15 is 0 Å². The number of ether oxygens (including phenoxy) is 1. The van der Waals surface area contributed by atoms with Crippen LogP contribution in [0.2, 0.25) is 0 Å². The van der Waals surface area contributed by atoms with Gasteiger partial charge < -0.3 is 15.2 Å². The van der Waals surface area contributed by atoms with Gasteiger partial charge in [-0.3, -0.25) is 9.48 Å². The first-order chi connectivity index (χ1) is 11.5. The van der Waals surface area contributed by atoms with E-state index in [1.54, 1.807) is 23.9 Å². The zero-order chi connectivity index (χ0) is 17.3. The highest BCUT2D eigenvalue weighted by Gasteiger charge is 2.28. The summed E-state index contributed by atoms with van der Waals surface area (Å²) in [6, 6.07) is 6.64. The van der Waals surface area contributed by atoms with Gasteiger partial charge in [-0.25, -0.2) is 4.79 Å². The van der Waals surface area contributed by atoms with Crippen LogP contribution in [-0.4, -0.2) is 33.9 Å². The summed E-state index contributed by atoms with van der Waals surface area (Å²) in [4.78, 5) is 23.6. The van der Waals surface area contributed by atoms with E-state index in [0.717, 1.165) is 18.5 Å². The van der Waals surface area contributed by atoms with E-state index in [1.807, 2.05) is 6.07 Å². The molecule has 0 bridgehead atoms. The number of carboxylic acid groups (broad SMARTS) is 1. The first kappa shape index (κ1) is 16.0. The fourth-order valence-corrected chi connectivity index (χ4v) is 2.68. The minimum atomic E-state index is -1.07. The molecule has 1 heterocycles. The molecule has 0 saturated heterocycles. The summed E-state index contributed by atoms with van der Waals surface area (Å²) in [6.45, 7) is 0.174. The van der Waals surface area contributed by atoms with Crippen molar-refractivity contribution in [3.63, 3.8) is 0 Å². The quantitative estimate of drug-likeness (QED) is 0.845. The number of carbonyl (C=O) groups is 2. The standard InChI is InChI=1S/C17H19N3O4/c1-20-14(8-13(19-20)10-6-7-10)16(21)18-9-11-4-3-5-12(17(22)23)15(11)24-2/h3-5,8,10H,6-7,9H2,1-2H3,(H,18,21)(H,22,23). The molecule has 1 aromatic carbocycles. The first-order valence-corrected chi connectivity index (χ1v) is 7.72. The maximum atomic E-state index is 12.4. The third-order valence-corrected chi connectivity index (χ3v) is 4.10. The Morgan fingerprint density at radius 1 is 1.42 bits per heavy atom. The predicted molar refractivity (Wildman–Crippen MR) is 86.3 cm³/mol. The number of aryl methyl sites for hydroxylation is 1. The molecular weight excluding hydrogens is 310 g/mol. The number of nitrogens with one attached hydrogen (secondary N) is 1. The largest absolute Gasteiger partial charge is 0.495 e. The van der Waals surface area contributed by atoms with Gasteiger partial charge in [-0.05, 0) is 25.0 Å². The van der Waals surface area contributed by atoms with E-state index in [1.165, 1.54) is 13.2 Å². The Morgan fingerprint density at radius 3 is 2.79 bits per heavy atom. The van der Waals surface area contributed by atoms with Gasteiger partial charge in [0.2, 0.25) is 0 Å². The Morgan fingerprint density at radius 2 is 2.17 bits per heavy atom. The summed E-state index contributed by atoms with van der Waals surface area (Å²) >= 11 is 0. The lowest BCUT2D eigenvalue weighted by Gasteiger charge is -2.12. The van der Waals surface area contributed by atoms with Crippen molar-refractivity contribution in [2.24, 2.45) is 7.05 Å². The number of aromatic nitrogens is 2. The number of aromatic carboxylic acids is 1. The third-order valence-electron chi connectivity index (χ3n) is 4.10. The van der Waals surface area contributed by atoms with Gasteiger partial charge in [0.15, 0.2) is 0 Å². The second kappa shape index (κ2) is 6.35. The highest BCUT2D eigenvalue weighted by atomic mass is 16.5. The Hall–Kier alpha value is -2.83. The van der Waals surface area contributed by atoms with Crippen LogP contribution in [0.5, 0.6) is 5.75 Å². The van der Waals surface area contributed by atoms with Crippen LogP contribution in [0.4, 0.5) is 0 Å². The summed E-state index contributed by atoms with van der Waals surface area (Å²) < 4.78 is 6.77. The van der Waals surface area contributed by atoms with E-state index in [-0.39, 0.29) is 23.8 Å². The van der Waals surface area contributed by atoms with Gasteiger partial charge in [0.05, 0.1) is 12.8 Å². The summed E-state index contributed by atoms with van der Waals surface area (Å²) in [5, 5.41) is 16.4. The molecule has 2 aromatic rings. The Balaban J connectivity index is 1.75. The summed E-state index contributed by atoms with van der Waals surface area (Å²) in [5.41, 5.74) is 2.12. The van der Waals surface area contributed by atoms with Gasteiger partial charge in [0, 0.05) is 25.1 Å². The van der Waals surface area contributed by atoms with Crippen molar-refractivity contribution >= 4 is 11.9 Å². The van der Waals surface area contributed by atoms with E-state index < -0.39 is 5.97 Å². The zero-order valence-electron chi connectivity index (χ0n) is 13.6. The number of rotatable bonds is 6. The smallest absolute Gasteiger partial charge is 0.339 e. The number of hydrogen-bond acceptors (Lipinski definition) is 4. The maximum Gasteiger partial charge on any atom is 0.339 e. The van der Waals surface area contributed by atoms with Crippen molar-refractivity contribution in [1.82, 2.24) is 15.1 Å². The molecule has 3 rings (SSSR count). The van der Waals surface area contributed by atoms with Crippen LogP contribution in [-0.2, 0) is 13.6 Å². The van der Waals surface area contributed by atoms with Crippen molar-refractivity contribution < 1.29 is 19.4 Å². The van der Waals surface area contributed by atoms with Gasteiger partial charge in [0.1, 0.15) is 17.0 Å². The zero-order valence-corrected chi connectivity index (χ0v) is 13.6. The van der Waals surface area contributed by atoms with E-state index in [4.69, 9.17) is 4.74 Å². The van der Waals surface area contributed by atoms with Crippen LogP contribution in [0.1, 0.15) is 50.9 Å². The molecule has 0 aliphatic heterocycles. The average molecular weight is 329 g/mol. The molecule has 1 saturated carbocycles. The molecule has 1 aromatic heterocycles. The van der Waals surface area contributed by atoms with Crippen LogP contribution in [0.25, 0.3) is 0 Å². The molecule has 1 fully saturated rings. The molecule has 0 unspecified atom stereocenters. The first-order valence-electron chi connectivity index (χ1n) is 7.72. The fourth-order valence-electron chi connectivity index (χ4n) is 2.68. The van der Waals surface area contributed by atoms with Crippen LogP contribution < -0.4 is 10.1 Å². The number of nitrogens with zero attached hydrogens (tertiary/aromatic N) is 2. The molecule has 1 aliphatic carbocycles. The van der Waals surface area contributed by atoms with E-state index in [0.29, 0.717) is 17.2 Å². The highest BCUT2D eigenvalue weighted by Crippen LogP contribution is 2.39. The summed E-state index contributed by atoms with van der Waals surface area (Å²) in [6.07, 6.45) is 2.24. The monoisotopic (exact) mass is 329 g/mol. The summed E-state index contributed by atoms with van der Waals surface area (Å²) in [7, 11) is 3.16. The predicted octanol–water partition coefficient (Wildman–Crippen LogP) is 1.93. The Bertz CT molecular complexity index is 793. The van der Waals surface area contributed by atoms with Crippen molar-refractivity contribution in [2.75, 3.05) is 7.11 Å². The van der Waals surface area contributed by atoms with Crippen molar-refractivity contribution in [2.45, 2.75) is 25.3 Å². The molecule has 1 amide bonds. The second-order valence-corrected chi connectivity index (χ2v) is 5.84. The van der Waals surface area contributed by atoms with Crippen LogP contribution in [0.3, 0.4) is 0 Å². The molecule has 1 aliphatic rings.